The zero-order valence-electron chi connectivity index (χ0n) is 7.06. The third-order valence-electron chi connectivity index (χ3n) is 1.89. The number of hydrogen-bond donors (Lipinski definition) is 0. The highest BCUT2D eigenvalue weighted by Gasteiger charge is 2.21. The Balaban J connectivity index is 1.83. The minimum absolute atomic E-state index is 0.147. The van der Waals surface area contributed by atoms with Gasteiger partial charge in [0.25, 0.3) is 0 Å². The molecule has 2 heterocycles. The fourth-order valence-corrected chi connectivity index (χ4v) is 1.29. The first-order valence-corrected chi connectivity index (χ1v) is 4.18. The minimum atomic E-state index is 0.147. The van der Waals surface area contributed by atoms with Crippen molar-refractivity contribution in [2.75, 3.05) is 13.2 Å². The lowest BCUT2D eigenvalue weighted by Gasteiger charge is -2.07. The van der Waals surface area contributed by atoms with Crippen molar-refractivity contribution in [2.45, 2.75) is 25.5 Å². The first kappa shape index (κ1) is 7.58. The van der Waals surface area contributed by atoms with Crippen molar-refractivity contribution in [1.29, 1.82) is 0 Å². The van der Waals surface area contributed by atoms with Crippen LogP contribution < -0.4 is 0 Å². The zero-order valence-corrected chi connectivity index (χ0v) is 7.06. The standard InChI is InChI=1S/C8H12N2O2/c1-6-4-11-8(10-6)2-7-3-9-5-12-7/h5-7H,2-4H2,1H3. The Kier molecular flexibility index (Phi) is 1.98. The predicted molar refractivity (Wildman–Crippen MR) is 45.7 cm³/mol. The van der Waals surface area contributed by atoms with E-state index in [0.29, 0.717) is 12.6 Å². The molecule has 2 atom stereocenters. The lowest BCUT2D eigenvalue weighted by Crippen LogP contribution is -2.16. The molecule has 0 N–H and O–H groups in total. The smallest absolute Gasteiger partial charge is 0.187 e. The molecule has 66 valence electrons. The summed E-state index contributed by atoms with van der Waals surface area (Å²) in [6.45, 7) is 3.48. The Hall–Kier alpha value is -1.06. The second kappa shape index (κ2) is 3.13. The molecule has 0 aliphatic carbocycles. The van der Waals surface area contributed by atoms with Crippen LogP contribution in [-0.4, -0.2) is 37.6 Å². The molecule has 0 fully saturated rings. The van der Waals surface area contributed by atoms with Crippen molar-refractivity contribution in [2.24, 2.45) is 9.98 Å². The SMILES string of the molecule is CC1COC(CC2CN=CO2)=N1. The maximum absolute atomic E-state index is 5.34. The third kappa shape index (κ3) is 1.57. The van der Waals surface area contributed by atoms with Crippen LogP contribution in [0.25, 0.3) is 0 Å². The molecule has 12 heavy (non-hydrogen) atoms. The second-order valence-corrected chi connectivity index (χ2v) is 3.12. The quantitative estimate of drug-likeness (QED) is 0.606. The number of aliphatic imine (C=N–C) groups is 2. The van der Waals surface area contributed by atoms with E-state index >= 15 is 0 Å². The summed E-state index contributed by atoms with van der Waals surface area (Å²) in [5, 5.41) is 0. The summed E-state index contributed by atoms with van der Waals surface area (Å²) in [7, 11) is 0. The van der Waals surface area contributed by atoms with Gasteiger partial charge in [-0.05, 0) is 6.92 Å². The van der Waals surface area contributed by atoms with Gasteiger partial charge in [0.2, 0.25) is 0 Å². The van der Waals surface area contributed by atoms with Gasteiger partial charge in [0.05, 0.1) is 19.0 Å². The molecular weight excluding hydrogens is 156 g/mol. The van der Waals surface area contributed by atoms with Gasteiger partial charge >= 0.3 is 0 Å². The Labute approximate surface area is 71.3 Å². The number of nitrogens with zero attached hydrogens (tertiary/aromatic N) is 2. The second-order valence-electron chi connectivity index (χ2n) is 3.12. The zero-order chi connectivity index (χ0) is 8.39. The maximum Gasteiger partial charge on any atom is 0.187 e. The van der Waals surface area contributed by atoms with Crippen LogP contribution in [0.2, 0.25) is 0 Å². The molecule has 2 unspecified atom stereocenters. The van der Waals surface area contributed by atoms with Crippen molar-refractivity contribution < 1.29 is 9.47 Å². The van der Waals surface area contributed by atoms with Crippen molar-refractivity contribution in [3.05, 3.63) is 0 Å². The summed E-state index contributed by atoms with van der Waals surface area (Å²) >= 11 is 0. The minimum Gasteiger partial charge on any atom is -0.479 e. The van der Waals surface area contributed by atoms with Gasteiger partial charge in [-0.25, -0.2) is 4.99 Å². The fraction of sp³-hybridized carbons (Fsp3) is 0.750. The summed E-state index contributed by atoms with van der Waals surface area (Å²) in [6, 6.07) is 0.308. The Bertz CT molecular complexity index is 217. The monoisotopic (exact) mass is 168 g/mol. The van der Waals surface area contributed by atoms with E-state index in [-0.39, 0.29) is 6.10 Å². The highest BCUT2D eigenvalue weighted by Crippen LogP contribution is 2.11. The van der Waals surface area contributed by atoms with Crippen molar-refractivity contribution in [3.8, 4) is 0 Å². The van der Waals surface area contributed by atoms with Gasteiger partial charge in [0.1, 0.15) is 12.7 Å². The molecule has 0 amide bonds. The van der Waals surface area contributed by atoms with E-state index in [9.17, 15) is 0 Å². The molecule has 2 aliphatic rings. The normalized spacial score (nSPS) is 32.9. The van der Waals surface area contributed by atoms with Crippen LogP contribution in [0, 0.1) is 0 Å². The van der Waals surface area contributed by atoms with E-state index in [4.69, 9.17) is 9.47 Å². The van der Waals surface area contributed by atoms with Crippen LogP contribution in [0.1, 0.15) is 13.3 Å². The largest absolute Gasteiger partial charge is 0.479 e. The lowest BCUT2D eigenvalue weighted by atomic mass is 10.2. The molecule has 0 aromatic rings. The topological polar surface area (TPSA) is 43.2 Å². The molecule has 0 bridgehead atoms. The summed E-state index contributed by atoms with van der Waals surface area (Å²) in [4.78, 5) is 8.28. The van der Waals surface area contributed by atoms with Crippen molar-refractivity contribution in [3.63, 3.8) is 0 Å². The number of ether oxygens (including phenoxy) is 2. The summed E-state index contributed by atoms with van der Waals surface area (Å²) in [5.41, 5.74) is 0. The van der Waals surface area contributed by atoms with Gasteiger partial charge in [-0.2, -0.15) is 0 Å². The Morgan fingerprint density at radius 2 is 2.58 bits per heavy atom. The number of rotatable bonds is 2. The molecule has 0 spiro atoms. The molecule has 0 radical (unpaired) electrons. The van der Waals surface area contributed by atoms with Crippen molar-refractivity contribution >= 4 is 12.3 Å². The molecule has 4 heteroatoms. The molecule has 0 saturated heterocycles. The molecule has 0 aromatic heterocycles. The van der Waals surface area contributed by atoms with E-state index in [0.717, 1.165) is 18.9 Å². The maximum atomic E-state index is 5.34. The van der Waals surface area contributed by atoms with Crippen LogP contribution in [-0.2, 0) is 9.47 Å². The highest BCUT2D eigenvalue weighted by atomic mass is 16.5. The van der Waals surface area contributed by atoms with Crippen LogP contribution in [0.4, 0.5) is 0 Å². The average molecular weight is 168 g/mol. The number of hydrogen-bond acceptors (Lipinski definition) is 4. The van der Waals surface area contributed by atoms with Crippen LogP contribution in [0.3, 0.4) is 0 Å². The summed E-state index contributed by atoms with van der Waals surface area (Å²) in [6.07, 6.45) is 2.41. The van der Waals surface area contributed by atoms with Crippen LogP contribution >= 0.6 is 0 Å². The summed E-state index contributed by atoms with van der Waals surface area (Å²) in [5.74, 6) is 0.818. The van der Waals surface area contributed by atoms with Gasteiger partial charge in [0, 0.05) is 0 Å². The molecular formula is C8H12N2O2. The molecule has 2 aliphatic heterocycles. The van der Waals surface area contributed by atoms with E-state index in [1.807, 2.05) is 6.92 Å². The van der Waals surface area contributed by atoms with Gasteiger partial charge < -0.3 is 9.47 Å². The van der Waals surface area contributed by atoms with Gasteiger partial charge in [-0.15, -0.1) is 0 Å². The first-order valence-electron chi connectivity index (χ1n) is 4.18. The third-order valence-corrected chi connectivity index (χ3v) is 1.89. The molecule has 4 nitrogen and oxygen atoms in total. The van der Waals surface area contributed by atoms with Gasteiger partial charge in [-0.1, -0.05) is 0 Å². The van der Waals surface area contributed by atoms with Crippen LogP contribution in [0.5, 0.6) is 0 Å². The highest BCUT2D eigenvalue weighted by molar-refractivity contribution is 5.78. The lowest BCUT2D eigenvalue weighted by molar-refractivity contribution is 0.226. The van der Waals surface area contributed by atoms with E-state index in [1.165, 1.54) is 6.40 Å². The Morgan fingerprint density at radius 3 is 3.17 bits per heavy atom. The molecule has 2 rings (SSSR count). The Morgan fingerprint density at radius 1 is 1.67 bits per heavy atom. The molecule has 0 saturated carbocycles. The van der Waals surface area contributed by atoms with Crippen LogP contribution in [0.15, 0.2) is 9.98 Å². The first-order chi connectivity index (χ1) is 5.84. The van der Waals surface area contributed by atoms with Crippen molar-refractivity contribution in [1.82, 2.24) is 0 Å². The molecule has 0 aromatic carbocycles. The predicted octanol–water partition coefficient (Wildman–Crippen LogP) is 0.621. The van der Waals surface area contributed by atoms with E-state index in [1.54, 1.807) is 0 Å². The average Bonchev–Trinajstić information content (AvgIpc) is 2.63. The summed E-state index contributed by atoms with van der Waals surface area (Å²) < 4.78 is 10.5. The van der Waals surface area contributed by atoms with E-state index < -0.39 is 0 Å². The van der Waals surface area contributed by atoms with Gasteiger partial charge in [-0.3, -0.25) is 4.99 Å². The van der Waals surface area contributed by atoms with E-state index in [2.05, 4.69) is 9.98 Å². The van der Waals surface area contributed by atoms with Gasteiger partial charge in [0.15, 0.2) is 12.3 Å². The fourth-order valence-electron chi connectivity index (χ4n) is 1.29.